The summed E-state index contributed by atoms with van der Waals surface area (Å²) in [7, 11) is -2.12. The minimum atomic E-state index is -4.62. The van der Waals surface area contributed by atoms with Gasteiger partial charge >= 0.3 is 6.18 Å². The van der Waals surface area contributed by atoms with Crippen molar-refractivity contribution in [3.05, 3.63) is 35.1 Å². The molecule has 9 heteroatoms. The van der Waals surface area contributed by atoms with Crippen LogP contribution in [-0.2, 0) is 22.7 Å². The predicted octanol–water partition coefficient (Wildman–Crippen LogP) is 1.48. The third-order valence-electron chi connectivity index (χ3n) is 2.47. The maximum absolute atomic E-state index is 13.1. The first-order valence-corrected chi connectivity index (χ1v) is 7.28. The number of rotatable bonds is 6. The third kappa shape index (κ3) is 5.43. The summed E-state index contributed by atoms with van der Waals surface area (Å²) in [6.07, 6.45) is -4.62. The van der Waals surface area contributed by atoms with Crippen LogP contribution in [0.4, 0.5) is 17.6 Å². The fourth-order valence-electron chi connectivity index (χ4n) is 1.46. The lowest BCUT2D eigenvalue weighted by Gasteiger charge is -2.10. The highest BCUT2D eigenvalue weighted by Crippen LogP contribution is 2.30. The summed E-state index contributed by atoms with van der Waals surface area (Å²) in [5, 5.41) is 2.64. The van der Waals surface area contributed by atoms with Gasteiger partial charge in [-0.15, -0.1) is 0 Å². The molecule has 0 fully saturated rings. The van der Waals surface area contributed by atoms with E-state index >= 15 is 0 Å². The Kier molecular flexibility index (Phi) is 5.49. The zero-order chi connectivity index (χ0) is 15.4. The van der Waals surface area contributed by atoms with Gasteiger partial charge in [0.2, 0.25) is 10.0 Å². The van der Waals surface area contributed by atoms with Crippen molar-refractivity contribution in [3.63, 3.8) is 0 Å². The van der Waals surface area contributed by atoms with E-state index in [0.29, 0.717) is 6.07 Å². The van der Waals surface area contributed by atoms with E-state index in [2.05, 4.69) is 10.0 Å². The Balaban J connectivity index is 2.63. The molecule has 0 aliphatic heterocycles. The van der Waals surface area contributed by atoms with Gasteiger partial charge in [-0.25, -0.2) is 17.5 Å². The van der Waals surface area contributed by atoms with Crippen molar-refractivity contribution in [1.29, 1.82) is 0 Å². The van der Waals surface area contributed by atoms with E-state index < -0.39 is 27.6 Å². The summed E-state index contributed by atoms with van der Waals surface area (Å²) < 4.78 is 74.8. The second-order valence-electron chi connectivity index (χ2n) is 4.05. The predicted molar refractivity (Wildman–Crippen MR) is 66.0 cm³/mol. The van der Waals surface area contributed by atoms with Crippen LogP contribution in [0.15, 0.2) is 18.2 Å². The SMILES string of the molecule is CNS(=O)(=O)CCNCc1cc(F)cc(C(F)(F)F)c1. The normalized spacial score (nSPS) is 12.7. The molecule has 1 rings (SSSR count). The van der Waals surface area contributed by atoms with Gasteiger partial charge in [0.05, 0.1) is 11.3 Å². The summed E-state index contributed by atoms with van der Waals surface area (Å²) in [6, 6.07) is 2.20. The number of benzene rings is 1. The zero-order valence-corrected chi connectivity index (χ0v) is 11.4. The first kappa shape index (κ1) is 16.9. The third-order valence-corrected chi connectivity index (χ3v) is 3.84. The van der Waals surface area contributed by atoms with E-state index in [4.69, 9.17) is 0 Å². The molecule has 0 saturated heterocycles. The van der Waals surface area contributed by atoms with Gasteiger partial charge < -0.3 is 5.32 Å². The summed E-state index contributed by atoms with van der Waals surface area (Å²) in [5.74, 6) is -1.20. The van der Waals surface area contributed by atoms with Crippen LogP contribution in [0, 0.1) is 5.82 Å². The van der Waals surface area contributed by atoms with Crippen LogP contribution in [0.3, 0.4) is 0 Å². The lowest BCUT2D eigenvalue weighted by Crippen LogP contribution is -2.29. The van der Waals surface area contributed by atoms with Crippen LogP contribution in [0.2, 0.25) is 0 Å². The van der Waals surface area contributed by atoms with Crippen LogP contribution in [0.1, 0.15) is 11.1 Å². The molecular formula is C11H14F4N2O2S. The molecule has 0 amide bonds. The standard InChI is InChI=1S/C11H14F4N2O2S/c1-16-20(18,19)3-2-17-7-8-4-9(11(13,14)15)6-10(12)5-8/h4-6,16-17H,2-3,7H2,1H3. The Morgan fingerprint density at radius 1 is 1.20 bits per heavy atom. The van der Waals surface area contributed by atoms with Crippen molar-refractivity contribution >= 4 is 10.0 Å². The van der Waals surface area contributed by atoms with Gasteiger partial charge in [-0.05, 0) is 30.8 Å². The summed E-state index contributed by atoms with van der Waals surface area (Å²) in [5.41, 5.74) is -0.976. The molecule has 0 aliphatic carbocycles. The first-order chi connectivity index (χ1) is 9.14. The smallest absolute Gasteiger partial charge is 0.312 e. The van der Waals surface area contributed by atoms with Crippen molar-refractivity contribution in [2.24, 2.45) is 0 Å². The minimum absolute atomic E-state index is 0.0427. The van der Waals surface area contributed by atoms with Gasteiger partial charge in [-0.3, -0.25) is 0 Å². The van der Waals surface area contributed by atoms with E-state index in [1.807, 2.05) is 0 Å². The zero-order valence-electron chi connectivity index (χ0n) is 10.6. The molecule has 0 spiro atoms. The molecule has 0 heterocycles. The second-order valence-corrected chi connectivity index (χ2v) is 6.09. The van der Waals surface area contributed by atoms with E-state index in [1.165, 1.54) is 7.05 Å². The lowest BCUT2D eigenvalue weighted by molar-refractivity contribution is -0.137. The van der Waals surface area contributed by atoms with Gasteiger partial charge in [0, 0.05) is 13.1 Å². The number of halogens is 4. The minimum Gasteiger partial charge on any atom is -0.312 e. The van der Waals surface area contributed by atoms with Crippen LogP contribution in [0.25, 0.3) is 0 Å². The number of hydrogen-bond donors (Lipinski definition) is 2. The number of alkyl halides is 3. The van der Waals surface area contributed by atoms with Gasteiger partial charge in [-0.2, -0.15) is 13.2 Å². The van der Waals surface area contributed by atoms with Gasteiger partial charge in [0.25, 0.3) is 0 Å². The lowest BCUT2D eigenvalue weighted by atomic mass is 10.1. The molecule has 1 aromatic carbocycles. The second kappa shape index (κ2) is 6.51. The number of nitrogens with one attached hydrogen (secondary N) is 2. The van der Waals surface area contributed by atoms with E-state index in [0.717, 1.165) is 12.1 Å². The van der Waals surface area contributed by atoms with Gasteiger partial charge in [0.15, 0.2) is 0 Å². The molecule has 0 aromatic heterocycles. The Morgan fingerprint density at radius 3 is 2.40 bits per heavy atom. The van der Waals surface area contributed by atoms with Gasteiger partial charge in [0.1, 0.15) is 5.82 Å². The van der Waals surface area contributed by atoms with Crippen LogP contribution < -0.4 is 10.0 Å². The molecule has 1 aromatic rings. The first-order valence-electron chi connectivity index (χ1n) is 5.62. The van der Waals surface area contributed by atoms with Crippen molar-refractivity contribution < 1.29 is 26.0 Å². The molecule has 0 radical (unpaired) electrons. The van der Waals surface area contributed by atoms with Crippen LogP contribution >= 0.6 is 0 Å². The molecule has 0 unspecified atom stereocenters. The van der Waals surface area contributed by atoms with Crippen LogP contribution in [0.5, 0.6) is 0 Å². The highest BCUT2D eigenvalue weighted by atomic mass is 32.2. The molecule has 0 atom stereocenters. The maximum atomic E-state index is 13.1. The fourth-order valence-corrected chi connectivity index (χ4v) is 2.07. The Morgan fingerprint density at radius 2 is 1.85 bits per heavy atom. The number of sulfonamides is 1. The molecule has 2 N–H and O–H groups in total. The van der Waals surface area contributed by atoms with E-state index in [-0.39, 0.29) is 24.4 Å². The Labute approximate surface area is 114 Å². The van der Waals surface area contributed by atoms with Gasteiger partial charge in [-0.1, -0.05) is 0 Å². The molecule has 0 saturated carbocycles. The van der Waals surface area contributed by atoms with Crippen LogP contribution in [-0.4, -0.2) is 27.8 Å². The fraction of sp³-hybridized carbons (Fsp3) is 0.455. The molecule has 114 valence electrons. The molecule has 0 bridgehead atoms. The van der Waals surface area contributed by atoms with Crippen molar-refractivity contribution in [3.8, 4) is 0 Å². The topological polar surface area (TPSA) is 58.2 Å². The average Bonchev–Trinajstić information content (AvgIpc) is 2.33. The summed E-state index contributed by atoms with van der Waals surface area (Å²) in [4.78, 5) is 0. The Bertz CT molecular complexity index is 558. The number of hydrogen-bond acceptors (Lipinski definition) is 3. The summed E-state index contributed by atoms with van der Waals surface area (Å²) in [6.45, 7) is -0.0128. The maximum Gasteiger partial charge on any atom is 0.416 e. The molecule has 20 heavy (non-hydrogen) atoms. The quantitative estimate of drug-likeness (QED) is 0.618. The van der Waals surface area contributed by atoms with E-state index in [1.54, 1.807) is 0 Å². The summed E-state index contributed by atoms with van der Waals surface area (Å²) >= 11 is 0. The van der Waals surface area contributed by atoms with Crippen molar-refractivity contribution in [1.82, 2.24) is 10.0 Å². The van der Waals surface area contributed by atoms with E-state index in [9.17, 15) is 26.0 Å². The largest absolute Gasteiger partial charge is 0.416 e. The monoisotopic (exact) mass is 314 g/mol. The highest BCUT2D eigenvalue weighted by molar-refractivity contribution is 7.89. The van der Waals surface area contributed by atoms with Crippen molar-refractivity contribution in [2.45, 2.75) is 12.7 Å². The Hall–Kier alpha value is -1.19. The molecular weight excluding hydrogens is 300 g/mol. The van der Waals surface area contributed by atoms with Crippen molar-refractivity contribution in [2.75, 3.05) is 19.3 Å². The highest BCUT2D eigenvalue weighted by Gasteiger charge is 2.31. The molecule has 4 nitrogen and oxygen atoms in total. The average molecular weight is 314 g/mol. The molecule has 0 aliphatic rings.